The number of nitrogens with zero attached hydrogens (tertiary/aromatic N) is 2. The number of rotatable bonds is 4. The number of nitrogens with two attached hydrogens (primary N) is 1. The number of ether oxygens (including phenoxy) is 1. The van der Waals surface area contributed by atoms with Crippen molar-refractivity contribution >= 4 is 50.7 Å². The summed E-state index contributed by atoms with van der Waals surface area (Å²) in [5.41, 5.74) is 7.34. The zero-order valence-corrected chi connectivity index (χ0v) is 18.3. The summed E-state index contributed by atoms with van der Waals surface area (Å²) in [6.07, 6.45) is -1.37. The minimum absolute atomic E-state index is 0.140. The van der Waals surface area contributed by atoms with E-state index < -0.39 is 24.0 Å². The fourth-order valence-corrected chi connectivity index (χ4v) is 4.20. The van der Waals surface area contributed by atoms with Gasteiger partial charge in [-0.3, -0.25) is 14.4 Å². The molecule has 5 N–H and O–H groups in total. The smallest absolute Gasteiger partial charge is 0.259 e. The predicted molar refractivity (Wildman–Crippen MR) is 129 cm³/mol. The standard InChI is InChI=1S/C24H23N5O5/c1-28-18-11-16(5-2-13(18)3-7-19(28)30)29-8-9-34-21(24(29)33)20(31)23(32)27-15-4-6-17-14(10-15)12-26-22(17)25/h2-7,10-12,20-21,26,31H,8-9,25H2,1H3,(H,27,32)/t20-,21-/m1/s1. The van der Waals surface area contributed by atoms with Crippen molar-refractivity contribution in [1.29, 1.82) is 0 Å². The quantitative estimate of drug-likeness (QED) is 0.361. The Morgan fingerprint density at radius 1 is 1.18 bits per heavy atom. The first-order chi connectivity index (χ1) is 16.3. The highest BCUT2D eigenvalue weighted by molar-refractivity contribution is 6.05. The van der Waals surface area contributed by atoms with Gasteiger partial charge in [-0.2, -0.15) is 0 Å². The second-order valence-corrected chi connectivity index (χ2v) is 8.19. The number of fused-ring (bicyclic) bond motifs is 2. The molecule has 0 aliphatic carbocycles. The van der Waals surface area contributed by atoms with E-state index in [4.69, 9.17) is 10.5 Å². The SMILES string of the molecule is Cn1c(=O)ccc2ccc(N3CCO[C@H]([C@@H](O)C(=O)Nc4ccc5c(N)[nH]cc5c4)C3=O)cc21. The van der Waals surface area contributed by atoms with E-state index in [0.717, 1.165) is 16.2 Å². The fraction of sp³-hybridized carbons (Fsp3) is 0.208. The van der Waals surface area contributed by atoms with Crippen LogP contribution in [0.2, 0.25) is 0 Å². The van der Waals surface area contributed by atoms with Crippen LogP contribution in [0.5, 0.6) is 0 Å². The Kier molecular flexibility index (Phi) is 5.31. The van der Waals surface area contributed by atoms with Crippen molar-refractivity contribution in [2.24, 2.45) is 7.05 Å². The minimum Gasteiger partial charge on any atom is -0.385 e. The Hall–Kier alpha value is -4.15. The van der Waals surface area contributed by atoms with Gasteiger partial charge in [0, 0.05) is 48.0 Å². The van der Waals surface area contributed by atoms with Crippen molar-refractivity contribution < 1.29 is 19.4 Å². The van der Waals surface area contributed by atoms with Crippen molar-refractivity contribution in [3.05, 3.63) is 65.1 Å². The zero-order valence-electron chi connectivity index (χ0n) is 18.3. The maximum absolute atomic E-state index is 13.2. The van der Waals surface area contributed by atoms with Gasteiger partial charge < -0.3 is 35.3 Å². The number of aliphatic hydroxyl groups is 1. The molecule has 2 amide bonds. The summed E-state index contributed by atoms with van der Waals surface area (Å²) < 4.78 is 6.99. The van der Waals surface area contributed by atoms with E-state index in [-0.39, 0.29) is 18.7 Å². The van der Waals surface area contributed by atoms with Gasteiger partial charge in [0.25, 0.3) is 17.4 Å². The third-order valence-corrected chi connectivity index (χ3v) is 6.09. The van der Waals surface area contributed by atoms with Gasteiger partial charge in [-0.05, 0) is 41.8 Å². The summed E-state index contributed by atoms with van der Waals surface area (Å²) in [6, 6.07) is 13.6. The Morgan fingerprint density at radius 2 is 1.97 bits per heavy atom. The van der Waals surface area contributed by atoms with Crippen molar-refractivity contribution in [2.45, 2.75) is 12.2 Å². The number of aliphatic hydroxyl groups excluding tert-OH is 1. The Labute approximate surface area is 193 Å². The lowest BCUT2D eigenvalue weighted by Gasteiger charge is -2.34. The molecule has 5 rings (SSSR count). The first kappa shape index (κ1) is 21.7. The maximum atomic E-state index is 13.2. The van der Waals surface area contributed by atoms with E-state index in [1.54, 1.807) is 49.6 Å². The highest BCUT2D eigenvalue weighted by Gasteiger charge is 2.39. The summed E-state index contributed by atoms with van der Waals surface area (Å²) in [6.45, 7) is 0.391. The van der Waals surface area contributed by atoms with Gasteiger partial charge in [0.05, 0.1) is 12.1 Å². The summed E-state index contributed by atoms with van der Waals surface area (Å²) in [4.78, 5) is 42.2. The number of nitrogen functional groups attached to an aromatic ring is 1. The lowest BCUT2D eigenvalue weighted by molar-refractivity contribution is -0.150. The summed E-state index contributed by atoms with van der Waals surface area (Å²) in [7, 11) is 1.66. The van der Waals surface area contributed by atoms with Crippen LogP contribution in [-0.4, -0.2) is 51.8 Å². The molecule has 0 bridgehead atoms. The number of morpholine rings is 1. The highest BCUT2D eigenvalue weighted by Crippen LogP contribution is 2.26. The number of H-pyrrole nitrogens is 1. The molecule has 174 valence electrons. The third kappa shape index (κ3) is 3.68. The number of hydrogen-bond acceptors (Lipinski definition) is 6. The summed E-state index contributed by atoms with van der Waals surface area (Å²) in [5.74, 6) is -0.782. The molecule has 4 aromatic rings. The fourth-order valence-electron chi connectivity index (χ4n) is 4.20. The predicted octanol–water partition coefficient (Wildman–Crippen LogP) is 1.33. The molecule has 10 heteroatoms. The van der Waals surface area contributed by atoms with Crippen LogP contribution in [0, 0.1) is 0 Å². The minimum atomic E-state index is -1.72. The molecule has 1 aliphatic rings. The van der Waals surface area contributed by atoms with Gasteiger partial charge in [0.15, 0.2) is 12.2 Å². The number of pyridine rings is 1. The maximum Gasteiger partial charge on any atom is 0.259 e. The number of aryl methyl sites for hydroxylation is 1. The molecular formula is C24H23N5O5. The van der Waals surface area contributed by atoms with Crippen molar-refractivity contribution in [3.63, 3.8) is 0 Å². The number of aromatic nitrogens is 2. The number of amides is 2. The molecule has 2 aromatic heterocycles. The molecule has 2 aromatic carbocycles. The van der Waals surface area contributed by atoms with Crippen LogP contribution in [-0.2, 0) is 21.4 Å². The molecule has 0 unspecified atom stereocenters. The zero-order chi connectivity index (χ0) is 24.0. The van der Waals surface area contributed by atoms with E-state index in [9.17, 15) is 19.5 Å². The van der Waals surface area contributed by atoms with Gasteiger partial charge in [-0.15, -0.1) is 0 Å². The second-order valence-electron chi connectivity index (χ2n) is 8.19. The van der Waals surface area contributed by atoms with Crippen molar-refractivity contribution in [2.75, 3.05) is 29.1 Å². The van der Waals surface area contributed by atoms with E-state index in [1.165, 1.54) is 15.5 Å². The molecule has 34 heavy (non-hydrogen) atoms. The van der Waals surface area contributed by atoms with E-state index in [1.807, 2.05) is 6.07 Å². The normalized spacial score (nSPS) is 17.3. The lowest BCUT2D eigenvalue weighted by atomic mass is 10.1. The first-order valence-electron chi connectivity index (χ1n) is 10.7. The van der Waals surface area contributed by atoms with Crippen LogP contribution < -0.4 is 21.5 Å². The van der Waals surface area contributed by atoms with E-state index in [2.05, 4.69) is 10.3 Å². The number of carbonyl (C=O) groups excluding carboxylic acids is 2. The topological polar surface area (TPSA) is 143 Å². The number of hydrogen-bond donors (Lipinski definition) is 4. The Balaban J connectivity index is 1.36. The average Bonchev–Trinajstić information content (AvgIpc) is 3.21. The average molecular weight is 461 g/mol. The van der Waals surface area contributed by atoms with Crippen LogP contribution in [0.1, 0.15) is 0 Å². The van der Waals surface area contributed by atoms with Crippen LogP contribution in [0.15, 0.2) is 59.5 Å². The van der Waals surface area contributed by atoms with Crippen molar-refractivity contribution in [3.8, 4) is 0 Å². The molecule has 10 nitrogen and oxygen atoms in total. The van der Waals surface area contributed by atoms with Crippen molar-refractivity contribution in [1.82, 2.24) is 9.55 Å². The lowest BCUT2D eigenvalue weighted by Crippen LogP contribution is -2.55. The van der Waals surface area contributed by atoms with Gasteiger partial charge in [0.2, 0.25) is 0 Å². The largest absolute Gasteiger partial charge is 0.385 e. The van der Waals surface area contributed by atoms with Gasteiger partial charge in [0.1, 0.15) is 5.82 Å². The number of carbonyl (C=O) groups is 2. The number of aromatic amines is 1. The van der Waals surface area contributed by atoms with Crippen LogP contribution in [0.4, 0.5) is 17.2 Å². The molecule has 2 atom stereocenters. The van der Waals surface area contributed by atoms with Crippen LogP contribution in [0.25, 0.3) is 21.7 Å². The molecule has 1 aliphatic heterocycles. The second kappa shape index (κ2) is 8.32. The third-order valence-electron chi connectivity index (χ3n) is 6.09. The molecule has 1 saturated heterocycles. The molecular weight excluding hydrogens is 438 g/mol. The molecule has 3 heterocycles. The van der Waals surface area contributed by atoms with Gasteiger partial charge in [-0.25, -0.2) is 0 Å². The molecule has 0 radical (unpaired) electrons. The summed E-state index contributed by atoms with van der Waals surface area (Å²) >= 11 is 0. The first-order valence-corrected chi connectivity index (χ1v) is 10.7. The molecule has 1 fully saturated rings. The van der Waals surface area contributed by atoms with Crippen LogP contribution in [0.3, 0.4) is 0 Å². The number of nitrogens with one attached hydrogen (secondary N) is 2. The van der Waals surface area contributed by atoms with Crippen LogP contribution >= 0.6 is 0 Å². The number of anilines is 3. The van der Waals surface area contributed by atoms with Gasteiger partial charge >= 0.3 is 0 Å². The Morgan fingerprint density at radius 3 is 2.79 bits per heavy atom. The van der Waals surface area contributed by atoms with E-state index in [0.29, 0.717) is 22.7 Å². The summed E-state index contributed by atoms with van der Waals surface area (Å²) in [5, 5.41) is 15.7. The Bertz CT molecular complexity index is 1490. The molecule has 0 saturated carbocycles. The molecule has 0 spiro atoms. The van der Waals surface area contributed by atoms with Gasteiger partial charge in [-0.1, -0.05) is 6.07 Å². The van der Waals surface area contributed by atoms with E-state index >= 15 is 0 Å². The highest BCUT2D eigenvalue weighted by atomic mass is 16.5. The monoisotopic (exact) mass is 461 g/mol. The number of benzene rings is 2.